The van der Waals surface area contributed by atoms with Gasteiger partial charge in [0.2, 0.25) is 0 Å². The lowest BCUT2D eigenvalue weighted by atomic mass is 9.71. The van der Waals surface area contributed by atoms with Crippen LogP contribution < -0.4 is 0 Å². The summed E-state index contributed by atoms with van der Waals surface area (Å²) in [4.78, 5) is 0. The average molecular weight is 453 g/mol. The van der Waals surface area contributed by atoms with Crippen LogP contribution in [0.4, 0.5) is 0 Å². The quantitative estimate of drug-likeness (QED) is 0.0733. The largest absolute Gasteiger partial charge is 0.138 e. The first-order valence-corrected chi connectivity index (χ1v) is 15.4. The van der Waals surface area contributed by atoms with Crippen molar-refractivity contribution in [3.63, 3.8) is 0 Å². The minimum atomic E-state index is 0.680. The van der Waals surface area contributed by atoms with E-state index in [0.29, 0.717) is 5.41 Å². The molecule has 186 valence electrons. The summed E-state index contributed by atoms with van der Waals surface area (Å²) in [6.07, 6.45) is 39.0. The van der Waals surface area contributed by atoms with Crippen LogP contribution in [0.2, 0.25) is 0 Å². The van der Waals surface area contributed by atoms with Gasteiger partial charge in [0.25, 0.3) is 0 Å². The Morgan fingerprint density at radius 3 is 1.23 bits per heavy atom. The van der Waals surface area contributed by atoms with Gasteiger partial charge in [-0.1, -0.05) is 123 Å². The highest BCUT2D eigenvalue weighted by atomic mass is 31.0. The second-order valence-electron chi connectivity index (χ2n) is 10.3. The Bertz CT molecular complexity index is 338. The van der Waals surface area contributed by atoms with E-state index < -0.39 is 0 Å². The average Bonchev–Trinajstić information content (AvgIpc) is 2.79. The fourth-order valence-electron chi connectivity index (χ4n) is 5.05. The lowest BCUT2D eigenvalue weighted by Crippen LogP contribution is -2.21. The molecule has 0 saturated carbocycles. The van der Waals surface area contributed by atoms with Crippen LogP contribution in [0.15, 0.2) is 12.2 Å². The monoisotopic (exact) mass is 452 g/mol. The highest BCUT2D eigenvalue weighted by molar-refractivity contribution is 7.16. The third-order valence-corrected chi connectivity index (χ3v) is 7.66. The van der Waals surface area contributed by atoms with Crippen LogP contribution >= 0.6 is 9.24 Å². The van der Waals surface area contributed by atoms with E-state index in [-0.39, 0.29) is 0 Å². The minimum absolute atomic E-state index is 0.680. The Morgan fingerprint density at radius 1 is 0.452 bits per heavy atom. The van der Waals surface area contributed by atoms with Gasteiger partial charge in [-0.15, -0.1) is 9.24 Å². The first kappa shape index (κ1) is 31.2. The van der Waals surface area contributed by atoms with Gasteiger partial charge < -0.3 is 0 Å². The molecule has 1 heteroatoms. The maximum absolute atomic E-state index is 2.84. The molecule has 0 radical (unpaired) electrons. The normalized spacial score (nSPS) is 12.3. The molecule has 0 aliphatic heterocycles. The topological polar surface area (TPSA) is 0 Å². The van der Waals surface area contributed by atoms with Crippen molar-refractivity contribution in [3.8, 4) is 0 Å². The third kappa shape index (κ3) is 20.5. The zero-order chi connectivity index (χ0) is 22.9. The Kier molecular flexibility index (Phi) is 24.9. The molecule has 0 aromatic rings. The molecule has 31 heavy (non-hydrogen) atoms. The van der Waals surface area contributed by atoms with Crippen LogP contribution in [0.25, 0.3) is 0 Å². The number of rotatable bonds is 25. The molecule has 0 aliphatic carbocycles. The number of unbranched alkanes of at least 4 members (excludes halogenated alkanes) is 14. The lowest BCUT2D eigenvalue weighted by molar-refractivity contribution is 0.176. The van der Waals surface area contributed by atoms with Gasteiger partial charge in [-0.2, -0.15) is 0 Å². The highest BCUT2D eigenvalue weighted by Gasteiger charge is 2.27. The van der Waals surface area contributed by atoms with Gasteiger partial charge in [0.1, 0.15) is 0 Å². The molecule has 0 saturated heterocycles. The van der Waals surface area contributed by atoms with Gasteiger partial charge in [0.15, 0.2) is 0 Å². The van der Waals surface area contributed by atoms with E-state index in [1.54, 1.807) is 0 Å². The van der Waals surface area contributed by atoms with Gasteiger partial charge >= 0.3 is 0 Å². The minimum Gasteiger partial charge on any atom is -0.138 e. The number of hydrogen-bond donors (Lipinski definition) is 0. The fraction of sp³-hybridized carbons (Fsp3) is 0.933. The van der Waals surface area contributed by atoms with Gasteiger partial charge in [-0.3, -0.25) is 0 Å². The van der Waals surface area contributed by atoms with E-state index in [2.05, 4.69) is 42.2 Å². The predicted octanol–water partition coefficient (Wildman–Crippen LogP) is 11.4. The van der Waals surface area contributed by atoms with Crippen LogP contribution in [0.1, 0.15) is 168 Å². The van der Waals surface area contributed by atoms with Crippen LogP contribution in [0.5, 0.6) is 0 Å². The molecular weight excluding hydrogens is 391 g/mol. The molecule has 1 unspecified atom stereocenters. The summed E-state index contributed by atoms with van der Waals surface area (Å²) in [5, 5.41) is 0. The van der Waals surface area contributed by atoms with E-state index in [4.69, 9.17) is 0 Å². The molecule has 1 atom stereocenters. The van der Waals surface area contributed by atoms with Crippen molar-refractivity contribution in [2.45, 2.75) is 168 Å². The van der Waals surface area contributed by atoms with E-state index in [1.807, 2.05) is 0 Å². The summed E-state index contributed by atoms with van der Waals surface area (Å²) >= 11 is 0. The Morgan fingerprint density at radius 2 is 0.806 bits per heavy atom. The first-order valence-electron chi connectivity index (χ1n) is 14.6. The van der Waals surface area contributed by atoms with Crippen molar-refractivity contribution in [3.05, 3.63) is 12.2 Å². The van der Waals surface area contributed by atoms with Gasteiger partial charge in [-0.25, -0.2) is 0 Å². The lowest BCUT2D eigenvalue weighted by Gasteiger charge is -2.35. The standard InChI is InChI=1S/C30H61P/c1-4-7-25-30(26-8-5-2,27-9-6-3)28-23-21-19-17-15-13-11-10-12-14-16-18-20-22-24-29-31/h10-11H,4-9,12-29,31H2,1-3H3. The number of hydrogen-bond acceptors (Lipinski definition) is 0. The smallest absolute Gasteiger partial charge is 0.0297 e. The molecule has 0 spiro atoms. The second-order valence-corrected chi connectivity index (χ2v) is 10.9. The summed E-state index contributed by atoms with van der Waals surface area (Å²) in [5.74, 6) is 0. The molecule has 0 heterocycles. The van der Waals surface area contributed by atoms with Crippen LogP contribution in [-0.2, 0) is 0 Å². The van der Waals surface area contributed by atoms with E-state index in [1.165, 1.54) is 154 Å². The molecule has 0 N–H and O–H groups in total. The summed E-state index contributed by atoms with van der Waals surface area (Å²) in [6.45, 7) is 7.10. The molecule has 0 amide bonds. The molecule has 0 aliphatic rings. The SMILES string of the molecule is CCCCC(CCCC)(CCCC)CCCCCCCC=CCCCCCCCCP. The molecule has 0 rings (SSSR count). The third-order valence-electron chi connectivity index (χ3n) is 7.25. The van der Waals surface area contributed by atoms with E-state index in [9.17, 15) is 0 Å². The summed E-state index contributed by atoms with van der Waals surface area (Å²) in [5.41, 5.74) is 0.680. The zero-order valence-corrected chi connectivity index (χ0v) is 23.4. The van der Waals surface area contributed by atoms with Crippen LogP contribution in [-0.4, -0.2) is 6.16 Å². The fourth-order valence-corrected chi connectivity index (χ4v) is 5.34. The van der Waals surface area contributed by atoms with Crippen molar-refractivity contribution < 1.29 is 0 Å². The van der Waals surface area contributed by atoms with E-state index in [0.717, 1.165) is 0 Å². The molecule has 0 fully saturated rings. The van der Waals surface area contributed by atoms with Gasteiger partial charge in [0, 0.05) is 0 Å². The molecule has 0 aromatic carbocycles. The number of allylic oxidation sites excluding steroid dienone is 2. The highest BCUT2D eigenvalue weighted by Crippen LogP contribution is 2.41. The molecule has 0 bridgehead atoms. The van der Waals surface area contributed by atoms with Crippen molar-refractivity contribution in [2.24, 2.45) is 5.41 Å². The van der Waals surface area contributed by atoms with Crippen LogP contribution in [0.3, 0.4) is 0 Å². The maximum atomic E-state index is 2.84. The summed E-state index contributed by atoms with van der Waals surface area (Å²) in [6, 6.07) is 0. The molecular formula is C30H61P. The van der Waals surface area contributed by atoms with Crippen molar-refractivity contribution in [1.82, 2.24) is 0 Å². The molecule has 0 nitrogen and oxygen atoms in total. The van der Waals surface area contributed by atoms with Crippen molar-refractivity contribution in [2.75, 3.05) is 6.16 Å². The van der Waals surface area contributed by atoms with E-state index >= 15 is 0 Å². The predicted molar refractivity (Wildman–Crippen MR) is 149 cm³/mol. The Balaban J connectivity index is 3.81. The zero-order valence-electron chi connectivity index (χ0n) is 22.2. The molecule has 0 aromatic heterocycles. The van der Waals surface area contributed by atoms with Gasteiger partial charge in [0.05, 0.1) is 0 Å². The summed E-state index contributed by atoms with van der Waals surface area (Å²) < 4.78 is 0. The second kappa shape index (κ2) is 24.8. The van der Waals surface area contributed by atoms with Gasteiger partial charge in [-0.05, 0) is 69.4 Å². The van der Waals surface area contributed by atoms with Crippen LogP contribution in [0, 0.1) is 5.41 Å². The maximum Gasteiger partial charge on any atom is -0.0297 e. The summed E-state index contributed by atoms with van der Waals surface area (Å²) in [7, 11) is 2.84. The van der Waals surface area contributed by atoms with Crippen molar-refractivity contribution >= 4 is 9.24 Å². The Hall–Kier alpha value is 0.170. The van der Waals surface area contributed by atoms with Crippen molar-refractivity contribution in [1.29, 1.82) is 0 Å². The Labute approximate surface area is 201 Å². The first-order chi connectivity index (χ1) is 15.2.